The first-order valence-corrected chi connectivity index (χ1v) is 8.80. The maximum atomic E-state index is 12.3. The Morgan fingerprint density at radius 1 is 1.04 bits per heavy atom. The first-order chi connectivity index (χ1) is 12.1. The molecule has 2 aromatic carbocycles. The molecule has 0 spiro atoms. The van der Waals surface area contributed by atoms with Crippen LogP contribution < -0.4 is 15.6 Å². The van der Waals surface area contributed by atoms with Crippen molar-refractivity contribution < 1.29 is 14.3 Å². The number of halogens is 1. The van der Waals surface area contributed by atoms with Gasteiger partial charge in [0, 0.05) is 15.6 Å². The fourth-order valence-electron chi connectivity index (χ4n) is 2.27. The molecular formula is C18H15ClN2O3S. The first-order valence-electron chi connectivity index (χ1n) is 7.60. The Balaban J connectivity index is 1.66. The van der Waals surface area contributed by atoms with Crippen LogP contribution in [0.1, 0.15) is 27.0 Å². The van der Waals surface area contributed by atoms with Crippen molar-refractivity contribution in [1.29, 1.82) is 0 Å². The maximum Gasteiger partial charge on any atom is 0.281 e. The van der Waals surface area contributed by atoms with Crippen LogP contribution in [0.15, 0.2) is 48.5 Å². The van der Waals surface area contributed by atoms with E-state index in [9.17, 15) is 9.59 Å². The lowest BCUT2D eigenvalue weighted by Gasteiger charge is -2.07. The highest BCUT2D eigenvalue weighted by atomic mass is 35.5. The van der Waals surface area contributed by atoms with Crippen molar-refractivity contribution in [2.24, 2.45) is 0 Å². The Hall–Kier alpha value is -2.57. The van der Waals surface area contributed by atoms with E-state index in [-0.39, 0.29) is 0 Å². The van der Waals surface area contributed by atoms with Gasteiger partial charge in [0.15, 0.2) is 0 Å². The molecule has 3 aromatic rings. The number of amides is 2. The largest absolute Gasteiger partial charge is 0.494 e. The van der Waals surface area contributed by atoms with Crippen LogP contribution in [0.3, 0.4) is 0 Å². The minimum atomic E-state index is -0.453. The number of nitrogens with one attached hydrogen (secondary N) is 2. The predicted octanol–water partition coefficient (Wildman–Crippen LogP) is 4.03. The highest BCUT2D eigenvalue weighted by Crippen LogP contribution is 2.34. The summed E-state index contributed by atoms with van der Waals surface area (Å²) in [6.45, 7) is 2.44. The van der Waals surface area contributed by atoms with Crippen LogP contribution in [0.25, 0.3) is 10.1 Å². The molecule has 0 fully saturated rings. The molecule has 3 rings (SSSR count). The van der Waals surface area contributed by atoms with Gasteiger partial charge in [0.05, 0.1) is 11.6 Å². The van der Waals surface area contributed by atoms with Gasteiger partial charge in [0.2, 0.25) is 0 Å². The minimum absolute atomic E-state index is 0.356. The van der Waals surface area contributed by atoms with Crippen LogP contribution >= 0.6 is 22.9 Å². The van der Waals surface area contributed by atoms with Crippen molar-refractivity contribution in [1.82, 2.24) is 10.9 Å². The van der Waals surface area contributed by atoms with Crippen molar-refractivity contribution in [3.05, 3.63) is 64.0 Å². The molecule has 0 saturated heterocycles. The smallest absolute Gasteiger partial charge is 0.281 e. The van der Waals surface area contributed by atoms with E-state index in [1.807, 2.05) is 31.2 Å². The summed E-state index contributed by atoms with van der Waals surface area (Å²) in [7, 11) is 0. The van der Waals surface area contributed by atoms with Gasteiger partial charge in [-0.2, -0.15) is 0 Å². The van der Waals surface area contributed by atoms with Crippen molar-refractivity contribution in [2.75, 3.05) is 6.61 Å². The molecule has 0 atom stereocenters. The van der Waals surface area contributed by atoms with Gasteiger partial charge in [-0.15, -0.1) is 11.3 Å². The van der Waals surface area contributed by atoms with E-state index in [1.54, 1.807) is 24.3 Å². The average molecular weight is 375 g/mol. The lowest BCUT2D eigenvalue weighted by Crippen LogP contribution is -2.41. The fraction of sp³-hybridized carbons (Fsp3) is 0.111. The Kier molecular flexibility index (Phi) is 5.21. The first kappa shape index (κ1) is 17.3. The summed E-state index contributed by atoms with van der Waals surface area (Å²) in [5, 5.41) is 1.20. The molecule has 7 heteroatoms. The number of rotatable bonds is 4. The van der Waals surface area contributed by atoms with Gasteiger partial charge < -0.3 is 4.74 Å². The maximum absolute atomic E-state index is 12.3. The lowest BCUT2D eigenvalue weighted by molar-refractivity contribution is 0.0849. The standard InChI is InChI=1S/C18H15ClN2O3S/c1-2-24-12-9-7-11(8-10-12)17(22)20-21-18(23)16-15(19)13-5-3-4-6-14(13)25-16/h3-10H,2H2,1H3,(H,20,22)(H,21,23). The number of fused-ring (bicyclic) bond motifs is 1. The molecule has 1 heterocycles. The average Bonchev–Trinajstić information content (AvgIpc) is 2.97. The second kappa shape index (κ2) is 7.55. The topological polar surface area (TPSA) is 67.4 Å². The zero-order valence-corrected chi connectivity index (χ0v) is 14.9. The molecule has 0 saturated carbocycles. The van der Waals surface area contributed by atoms with Crippen LogP contribution in [-0.4, -0.2) is 18.4 Å². The van der Waals surface area contributed by atoms with Crippen molar-refractivity contribution in [3.63, 3.8) is 0 Å². The van der Waals surface area contributed by atoms with Gasteiger partial charge in [0.25, 0.3) is 11.8 Å². The van der Waals surface area contributed by atoms with E-state index in [1.165, 1.54) is 11.3 Å². The molecule has 5 nitrogen and oxygen atoms in total. The highest BCUT2D eigenvalue weighted by molar-refractivity contribution is 7.21. The van der Waals surface area contributed by atoms with Crippen LogP contribution in [0.4, 0.5) is 0 Å². The van der Waals surface area contributed by atoms with Gasteiger partial charge in [-0.3, -0.25) is 20.4 Å². The molecule has 2 amide bonds. The molecule has 0 bridgehead atoms. The Bertz CT molecular complexity index is 922. The third-order valence-corrected chi connectivity index (χ3v) is 5.13. The molecule has 0 aliphatic heterocycles. The van der Waals surface area contributed by atoms with Gasteiger partial charge in [0.1, 0.15) is 10.6 Å². The normalized spacial score (nSPS) is 10.5. The fourth-order valence-corrected chi connectivity index (χ4v) is 3.68. The summed E-state index contributed by atoms with van der Waals surface area (Å²) in [4.78, 5) is 24.8. The number of hydrogen-bond donors (Lipinski definition) is 2. The summed E-state index contributed by atoms with van der Waals surface area (Å²) >= 11 is 7.53. The summed E-state index contributed by atoms with van der Waals surface area (Å²) in [6.07, 6.45) is 0. The Labute approximate surface area is 153 Å². The van der Waals surface area contributed by atoms with E-state index in [0.29, 0.717) is 27.8 Å². The Morgan fingerprint density at radius 3 is 2.40 bits per heavy atom. The molecule has 0 aliphatic rings. The SMILES string of the molecule is CCOc1ccc(C(=O)NNC(=O)c2sc3ccccc3c2Cl)cc1. The van der Waals surface area contributed by atoms with Gasteiger partial charge in [-0.05, 0) is 37.3 Å². The molecule has 2 N–H and O–H groups in total. The van der Waals surface area contributed by atoms with Crippen LogP contribution in [-0.2, 0) is 0 Å². The number of carbonyl (C=O) groups is 2. The van der Waals surface area contributed by atoms with E-state index < -0.39 is 11.8 Å². The van der Waals surface area contributed by atoms with Gasteiger partial charge >= 0.3 is 0 Å². The van der Waals surface area contributed by atoms with Gasteiger partial charge in [-0.25, -0.2) is 0 Å². The quantitative estimate of drug-likeness (QED) is 0.677. The number of carbonyl (C=O) groups excluding carboxylic acids is 2. The number of ether oxygens (including phenoxy) is 1. The predicted molar refractivity (Wildman–Crippen MR) is 99.4 cm³/mol. The summed E-state index contributed by atoms with van der Waals surface area (Å²) < 4.78 is 6.24. The molecule has 0 radical (unpaired) electrons. The number of hydrazine groups is 1. The summed E-state index contributed by atoms with van der Waals surface area (Å²) in [5.74, 6) is -0.195. The molecule has 1 aromatic heterocycles. The van der Waals surface area contributed by atoms with Crippen molar-refractivity contribution >= 4 is 44.8 Å². The second-order valence-electron chi connectivity index (χ2n) is 5.11. The second-order valence-corrected chi connectivity index (χ2v) is 6.54. The van der Waals surface area contributed by atoms with E-state index in [4.69, 9.17) is 16.3 Å². The number of thiophene rings is 1. The highest BCUT2D eigenvalue weighted by Gasteiger charge is 2.17. The molecular weight excluding hydrogens is 360 g/mol. The number of hydrogen-bond acceptors (Lipinski definition) is 4. The van der Waals surface area contributed by atoms with Crippen molar-refractivity contribution in [3.8, 4) is 5.75 Å². The summed E-state index contributed by atoms with van der Waals surface area (Å²) in [6, 6.07) is 14.1. The minimum Gasteiger partial charge on any atom is -0.494 e. The Morgan fingerprint density at radius 2 is 1.72 bits per heavy atom. The summed E-state index contributed by atoms with van der Waals surface area (Å²) in [5.41, 5.74) is 5.19. The molecule has 0 aliphatic carbocycles. The molecule has 0 unspecified atom stereocenters. The van der Waals surface area contributed by atoms with Crippen LogP contribution in [0.5, 0.6) is 5.75 Å². The van der Waals surface area contributed by atoms with E-state index in [2.05, 4.69) is 10.9 Å². The number of benzene rings is 2. The van der Waals surface area contributed by atoms with Crippen LogP contribution in [0.2, 0.25) is 5.02 Å². The third kappa shape index (κ3) is 3.75. The zero-order chi connectivity index (χ0) is 17.8. The third-order valence-electron chi connectivity index (χ3n) is 3.46. The lowest BCUT2D eigenvalue weighted by atomic mass is 10.2. The van der Waals surface area contributed by atoms with Gasteiger partial charge in [-0.1, -0.05) is 29.8 Å². The monoisotopic (exact) mass is 374 g/mol. The molecule has 128 valence electrons. The van der Waals surface area contributed by atoms with E-state index in [0.717, 1.165) is 10.1 Å². The van der Waals surface area contributed by atoms with Crippen molar-refractivity contribution in [2.45, 2.75) is 6.92 Å². The van der Waals surface area contributed by atoms with Crippen LogP contribution in [0, 0.1) is 0 Å². The molecule has 25 heavy (non-hydrogen) atoms. The zero-order valence-electron chi connectivity index (χ0n) is 13.3. The van der Waals surface area contributed by atoms with E-state index >= 15 is 0 Å².